The second-order valence-electron chi connectivity index (χ2n) is 6.25. The number of aromatic nitrogens is 1. The third kappa shape index (κ3) is 4.19. The Morgan fingerprint density at radius 3 is 2.59 bits per heavy atom. The SMILES string of the molecule is Cc1cc(CNC(=O)C2CCN(S(=O)(=O)c3ccc(C(=O)O)o3)CC2)on1. The number of carbonyl (C=O) groups excluding carboxylic acids is 1. The van der Waals surface area contributed by atoms with Crippen molar-refractivity contribution < 1.29 is 32.1 Å². The zero-order chi connectivity index (χ0) is 19.6. The molecule has 3 heterocycles. The van der Waals surface area contributed by atoms with Gasteiger partial charge in [-0.3, -0.25) is 4.79 Å². The lowest BCUT2D eigenvalue weighted by atomic mass is 9.97. The number of aromatic carboxylic acids is 1. The highest BCUT2D eigenvalue weighted by molar-refractivity contribution is 7.89. The lowest BCUT2D eigenvalue weighted by Crippen LogP contribution is -2.42. The van der Waals surface area contributed by atoms with Crippen LogP contribution in [-0.4, -0.2) is 48.0 Å². The molecule has 1 fully saturated rings. The van der Waals surface area contributed by atoms with E-state index in [1.807, 2.05) is 0 Å². The van der Waals surface area contributed by atoms with Crippen LogP contribution in [-0.2, 0) is 21.4 Å². The molecule has 11 heteroatoms. The van der Waals surface area contributed by atoms with Gasteiger partial charge in [0.15, 0.2) is 5.76 Å². The number of sulfonamides is 1. The zero-order valence-corrected chi connectivity index (χ0v) is 15.4. The summed E-state index contributed by atoms with van der Waals surface area (Å²) in [4.78, 5) is 23.1. The summed E-state index contributed by atoms with van der Waals surface area (Å²) in [5.41, 5.74) is 0.724. The second-order valence-corrected chi connectivity index (χ2v) is 8.12. The first-order chi connectivity index (χ1) is 12.8. The molecule has 2 aromatic rings. The molecule has 0 spiro atoms. The molecule has 0 radical (unpaired) electrons. The van der Waals surface area contributed by atoms with Crippen LogP contribution in [0.1, 0.15) is 34.9 Å². The smallest absolute Gasteiger partial charge is 0.371 e. The molecule has 2 N–H and O–H groups in total. The molecule has 1 amide bonds. The molecule has 10 nitrogen and oxygen atoms in total. The number of rotatable bonds is 6. The largest absolute Gasteiger partial charge is 0.475 e. The third-order valence-corrected chi connectivity index (χ3v) is 6.10. The first-order valence-corrected chi connectivity index (χ1v) is 9.74. The number of hydrogen-bond acceptors (Lipinski definition) is 7. The Morgan fingerprint density at radius 1 is 1.33 bits per heavy atom. The van der Waals surface area contributed by atoms with Crippen molar-refractivity contribution in [2.45, 2.75) is 31.4 Å². The van der Waals surface area contributed by atoms with Crippen molar-refractivity contribution in [2.24, 2.45) is 5.92 Å². The fraction of sp³-hybridized carbons (Fsp3) is 0.438. The fourth-order valence-electron chi connectivity index (χ4n) is 2.88. The third-order valence-electron chi connectivity index (χ3n) is 4.32. The van der Waals surface area contributed by atoms with Crippen LogP contribution in [0.15, 0.2) is 32.2 Å². The number of nitrogens with zero attached hydrogens (tertiary/aromatic N) is 2. The molecule has 27 heavy (non-hydrogen) atoms. The van der Waals surface area contributed by atoms with E-state index >= 15 is 0 Å². The van der Waals surface area contributed by atoms with E-state index in [9.17, 15) is 18.0 Å². The van der Waals surface area contributed by atoms with Gasteiger partial charge in [0.25, 0.3) is 10.0 Å². The van der Waals surface area contributed by atoms with Gasteiger partial charge in [0.1, 0.15) is 0 Å². The molecule has 146 valence electrons. The topological polar surface area (TPSA) is 143 Å². The van der Waals surface area contributed by atoms with Gasteiger partial charge in [0, 0.05) is 25.1 Å². The fourth-order valence-corrected chi connectivity index (χ4v) is 4.26. The van der Waals surface area contributed by atoms with Gasteiger partial charge in [-0.15, -0.1) is 0 Å². The summed E-state index contributed by atoms with van der Waals surface area (Å²) in [6.07, 6.45) is 0.708. The van der Waals surface area contributed by atoms with Gasteiger partial charge in [0.05, 0.1) is 12.2 Å². The average Bonchev–Trinajstić information content (AvgIpc) is 3.29. The van der Waals surface area contributed by atoms with Crippen molar-refractivity contribution in [2.75, 3.05) is 13.1 Å². The average molecular weight is 397 g/mol. The van der Waals surface area contributed by atoms with Crippen LogP contribution in [0.3, 0.4) is 0 Å². The van der Waals surface area contributed by atoms with Gasteiger partial charge >= 0.3 is 5.97 Å². The molecule has 0 aliphatic carbocycles. The highest BCUT2D eigenvalue weighted by Crippen LogP contribution is 2.25. The zero-order valence-electron chi connectivity index (χ0n) is 14.5. The summed E-state index contributed by atoms with van der Waals surface area (Å²) in [6, 6.07) is 3.95. The quantitative estimate of drug-likeness (QED) is 0.734. The molecule has 1 saturated heterocycles. The minimum Gasteiger partial charge on any atom is -0.475 e. The van der Waals surface area contributed by atoms with Gasteiger partial charge in [-0.25, -0.2) is 13.2 Å². The Bertz CT molecular complexity index is 939. The van der Waals surface area contributed by atoms with E-state index in [1.54, 1.807) is 13.0 Å². The first-order valence-electron chi connectivity index (χ1n) is 8.30. The Morgan fingerprint density at radius 2 is 2.04 bits per heavy atom. The van der Waals surface area contributed by atoms with Crippen LogP contribution in [0.25, 0.3) is 0 Å². The van der Waals surface area contributed by atoms with E-state index in [2.05, 4.69) is 10.5 Å². The molecule has 2 aromatic heterocycles. The predicted molar refractivity (Wildman–Crippen MR) is 90.2 cm³/mol. The normalized spacial score (nSPS) is 16.3. The van der Waals surface area contributed by atoms with E-state index in [4.69, 9.17) is 14.0 Å². The summed E-state index contributed by atoms with van der Waals surface area (Å²) in [5.74, 6) is -1.72. The summed E-state index contributed by atoms with van der Waals surface area (Å²) in [6.45, 7) is 2.29. The number of carboxylic acids is 1. The van der Waals surface area contributed by atoms with E-state index in [0.717, 1.165) is 17.8 Å². The maximum Gasteiger partial charge on any atom is 0.371 e. The maximum absolute atomic E-state index is 12.5. The molecule has 0 bridgehead atoms. The Labute approximate surface area is 155 Å². The van der Waals surface area contributed by atoms with E-state index in [-0.39, 0.29) is 31.5 Å². The summed E-state index contributed by atoms with van der Waals surface area (Å²) in [5, 5.41) is 14.9. The number of carboxylic acid groups (broad SMARTS) is 1. The molecular weight excluding hydrogens is 378 g/mol. The highest BCUT2D eigenvalue weighted by atomic mass is 32.2. The second kappa shape index (κ2) is 7.53. The molecular formula is C16H19N3O7S. The van der Waals surface area contributed by atoms with Crippen molar-refractivity contribution in [3.8, 4) is 0 Å². The van der Waals surface area contributed by atoms with Crippen molar-refractivity contribution in [1.82, 2.24) is 14.8 Å². The number of nitrogens with one attached hydrogen (secondary N) is 1. The number of furan rings is 1. The van der Waals surface area contributed by atoms with Crippen molar-refractivity contribution in [3.63, 3.8) is 0 Å². The standard InChI is InChI=1S/C16H19N3O7S/c1-10-8-12(26-18-10)9-17-15(20)11-4-6-19(7-5-11)27(23,24)14-3-2-13(25-14)16(21)22/h2-3,8,11H,4-7,9H2,1H3,(H,17,20)(H,21,22). The first kappa shape index (κ1) is 19.1. The molecule has 0 unspecified atom stereocenters. The van der Waals surface area contributed by atoms with Crippen LogP contribution < -0.4 is 5.32 Å². The van der Waals surface area contributed by atoms with E-state index in [0.29, 0.717) is 18.6 Å². The Hall–Kier alpha value is -2.66. The number of carbonyl (C=O) groups is 2. The van der Waals surface area contributed by atoms with Gasteiger partial charge in [-0.2, -0.15) is 4.31 Å². The number of amides is 1. The minimum atomic E-state index is -3.93. The lowest BCUT2D eigenvalue weighted by molar-refractivity contribution is -0.126. The van der Waals surface area contributed by atoms with Crippen LogP contribution in [0.5, 0.6) is 0 Å². The number of piperidine rings is 1. The monoisotopic (exact) mass is 397 g/mol. The predicted octanol–water partition coefficient (Wildman–Crippen LogP) is 0.991. The maximum atomic E-state index is 12.5. The minimum absolute atomic E-state index is 0.144. The van der Waals surface area contributed by atoms with Gasteiger partial charge < -0.3 is 19.4 Å². The van der Waals surface area contributed by atoms with Crippen LogP contribution in [0, 0.1) is 12.8 Å². The Balaban J connectivity index is 1.55. The van der Waals surface area contributed by atoms with Crippen molar-refractivity contribution in [1.29, 1.82) is 0 Å². The van der Waals surface area contributed by atoms with E-state index in [1.165, 1.54) is 4.31 Å². The van der Waals surface area contributed by atoms with Gasteiger partial charge in [0.2, 0.25) is 16.8 Å². The molecule has 0 atom stereocenters. The summed E-state index contributed by atoms with van der Waals surface area (Å²) < 4.78 is 36.2. The number of aryl methyl sites for hydroxylation is 1. The summed E-state index contributed by atoms with van der Waals surface area (Å²) >= 11 is 0. The molecule has 0 saturated carbocycles. The van der Waals surface area contributed by atoms with Crippen LogP contribution >= 0.6 is 0 Å². The van der Waals surface area contributed by atoms with Gasteiger partial charge in [-0.1, -0.05) is 5.16 Å². The van der Waals surface area contributed by atoms with Crippen LogP contribution in [0.2, 0.25) is 0 Å². The van der Waals surface area contributed by atoms with Crippen LogP contribution in [0.4, 0.5) is 0 Å². The Kier molecular flexibility index (Phi) is 5.33. The van der Waals surface area contributed by atoms with Crippen molar-refractivity contribution in [3.05, 3.63) is 35.4 Å². The number of hydrogen-bond donors (Lipinski definition) is 2. The highest BCUT2D eigenvalue weighted by Gasteiger charge is 2.34. The molecule has 0 aromatic carbocycles. The van der Waals surface area contributed by atoms with Crippen molar-refractivity contribution >= 4 is 21.9 Å². The van der Waals surface area contributed by atoms with E-state index < -0.39 is 26.8 Å². The summed E-state index contributed by atoms with van der Waals surface area (Å²) in [7, 11) is -3.93. The lowest BCUT2D eigenvalue weighted by Gasteiger charge is -2.29. The molecule has 3 rings (SSSR count). The molecule has 1 aliphatic heterocycles. The van der Waals surface area contributed by atoms with Gasteiger partial charge in [-0.05, 0) is 31.9 Å². The molecule has 1 aliphatic rings.